The van der Waals surface area contributed by atoms with E-state index in [-0.39, 0.29) is 12.4 Å². The van der Waals surface area contributed by atoms with Crippen LogP contribution in [0.2, 0.25) is 0 Å². The summed E-state index contributed by atoms with van der Waals surface area (Å²) >= 11 is 0. The molecular weight excluding hydrogens is 216 g/mol. The topological polar surface area (TPSA) is 73.9 Å². The van der Waals surface area contributed by atoms with Crippen LogP contribution in [0.3, 0.4) is 0 Å². The first-order valence-corrected chi connectivity index (χ1v) is 4.65. The van der Waals surface area contributed by atoms with Gasteiger partial charge in [-0.15, -0.1) is 12.4 Å². The van der Waals surface area contributed by atoms with E-state index in [1.807, 2.05) is 6.07 Å². The van der Waals surface area contributed by atoms with Crippen molar-refractivity contribution in [2.45, 2.75) is 5.92 Å². The van der Waals surface area contributed by atoms with Crippen molar-refractivity contribution in [2.75, 3.05) is 19.6 Å². The Hall–Kier alpha value is -1.16. The average Bonchev–Trinajstić information content (AvgIpc) is 2.84. The van der Waals surface area contributed by atoms with Gasteiger partial charge in [-0.3, -0.25) is 0 Å². The van der Waals surface area contributed by atoms with Crippen LogP contribution in [0.15, 0.2) is 28.1 Å². The number of nitrogens with one attached hydrogen (secondary N) is 1. The molecular formula is C9H13ClN4O. The van der Waals surface area contributed by atoms with Crippen molar-refractivity contribution in [3.8, 4) is 0 Å². The highest BCUT2D eigenvalue weighted by Gasteiger charge is 2.28. The molecule has 1 aliphatic heterocycles. The third-order valence-electron chi connectivity index (χ3n) is 2.69. The zero-order valence-electron chi connectivity index (χ0n) is 8.17. The molecule has 1 aliphatic rings. The van der Waals surface area contributed by atoms with E-state index in [2.05, 4.69) is 15.3 Å². The summed E-state index contributed by atoms with van der Waals surface area (Å²) in [5.74, 6) is 0.808. The van der Waals surface area contributed by atoms with Gasteiger partial charge in [-0.25, -0.2) is 0 Å². The highest BCUT2D eigenvalue weighted by Crippen LogP contribution is 2.28. The van der Waals surface area contributed by atoms with E-state index in [1.165, 1.54) is 5.56 Å². The molecule has 15 heavy (non-hydrogen) atoms. The molecule has 1 saturated heterocycles. The molecule has 0 bridgehead atoms. The fourth-order valence-corrected chi connectivity index (χ4v) is 1.94. The van der Waals surface area contributed by atoms with Gasteiger partial charge in [-0.2, -0.15) is 0 Å². The Bertz CT molecular complexity index is 334. The summed E-state index contributed by atoms with van der Waals surface area (Å²) in [5.41, 5.74) is 9.45. The molecule has 2 rings (SSSR count). The minimum absolute atomic E-state index is 0. The monoisotopic (exact) mass is 228 g/mol. The molecule has 1 aromatic heterocycles. The minimum atomic E-state index is 0. The van der Waals surface area contributed by atoms with E-state index in [9.17, 15) is 0 Å². The standard InChI is InChI=1S/C9H12N4O.ClH/c10-13-12-4-8-3-11-5-9(8)7-1-2-14-6-7;/h1-2,6,8-9,11H,3-5H2;1H. The Morgan fingerprint density at radius 1 is 1.60 bits per heavy atom. The van der Waals surface area contributed by atoms with E-state index >= 15 is 0 Å². The second-order valence-electron chi connectivity index (χ2n) is 3.49. The SMILES string of the molecule is Cl.[N-]=[N+]=NCC1CNCC1c1ccoc1. The summed E-state index contributed by atoms with van der Waals surface area (Å²) in [4.78, 5) is 2.79. The van der Waals surface area contributed by atoms with Crippen molar-refractivity contribution in [1.29, 1.82) is 0 Å². The second-order valence-corrected chi connectivity index (χ2v) is 3.49. The quantitative estimate of drug-likeness (QED) is 0.490. The van der Waals surface area contributed by atoms with Crippen LogP contribution in [0.25, 0.3) is 10.4 Å². The highest BCUT2D eigenvalue weighted by molar-refractivity contribution is 5.85. The first kappa shape index (κ1) is 11.9. The van der Waals surface area contributed by atoms with Gasteiger partial charge in [0.25, 0.3) is 0 Å². The van der Waals surface area contributed by atoms with Crippen LogP contribution < -0.4 is 5.32 Å². The van der Waals surface area contributed by atoms with Crippen LogP contribution >= 0.6 is 12.4 Å². The Balaban J connectivity index is 0.00000112. The van der Waals surface area contributed by atoms with Crippen molar-refractivity contribution in [3.05, 3.63) is 34.6 Å². The number of azide groups is 1. The van der Waals surface area contributed by atoms with E-state index < -0.39 is 0 Å². The van der Waals surface area contributed by atoms with Crippen molar-refractivity contribution < 1.29 is 4.42 Å². The summed E-state index contributed by atoms with van der Waals surface area (Å²) in [6, 6.07) is 1.97. The first-order valence-electron chi connectivity index (χ1n) is 4.65. The molecule has 2 atom stereocenters. The van der Waals surface area contributed by atoms with Gasteiger partial charge in [-0.1, -0.05) is 5.11 Å². The highest BCUT2D eigenvalue weighted by atomic mass is 35.5. The summed E-state index contributed by atoms with van der Waals surface area (Å²) in [7, 11) is 0. The van der Waals surface area contributed by atoms with Crippen LogP contribution in [0.5, 0.6) is 0 Å². The lowest BCUT2D eigenvalue weighted by Gasteiger charge is -2.13. The van der Waals surface area contributed by atoms with Gasteiger partial charge in [0, 0.05) is 23.9 Å². The second kappa shape index (κ2) is 5.66. The summed E-state index contributed by atoms with van der Waals surface area (Å²) in [6.07, 6.45) is 3.44. The Morgan fingerprint density at radius 3 is 3.13 bits per heavy atom. The van der Waals surface area contributed by atoms with Gasteiger partial charge in [0.05, 0.1) is 12.5 Å². The maximum absolute atomic E-state index is 8.26. The number of rotatable bonds is 3. The Labute approximate surface area is 93.9 Å². The molecule has 1 aromatic rings. The molecule has 0 spiro atoms. The van der Waals surface area contributed by atoms with E-state index in [0.717, 1.165) is 13.1 Å². The molecule has 2 heterocycles. The third-order valence-corrected chi connectivity index (χ3v) is 2.69. The number of furan rings is 1. The normalized spacial score (nSPS) is 24.3. The lowest BCUT2D eigenvalue weighted by Crippen LogP contribution is -2.13. The molecule has 0 saturated carbocycles. The van der Waals surface area contributed by atoms with Crippen LogP contribution in [0, 0.1) is 5.92 Å². The lowest BCUT2D eigenvalue weighted by molar-refractivity contribution is 0.515. The van der Waals surface area contributed by atoms with Crippen molar-refractivity contribution in [2.24, 2.45) is 11.0 Å². The molecule has 1 fully saturated rings. The van der Waals surface area contributed by atoms with Gasteiger partial charge >= 0.3 is 0 Å². The van der Waals surface area contributed by atoms with Gasteiger partial charge in [0.2, 0.25) is 0 Å². The largest absolute Gasteiger partial charge is 0.472 e. The molecule has 82 valence electrons. The fourth-order valence-electron chi connectivity index (χ4n) is 1.94. The van der Waals surface area contributed by atoms with Crippen LogP contribution in [-0.4, -0.2) is 19.6 Å². The zero-order chi connectivity index (χ0) is 9.80. The van der Waals surface area contributed by atoms with E-state index in [4.69, 9.17) is 9.95 Å². The third kappa shape index (κ3) is 2.65. The van der Waals surface area contributed by atoms with Gasteiger partial charge < -0.3 is 9.73 Å². The Kier molecular flexibility index (Phi) is 4.49. The first-order chi connectivity index (χ1) is 6.92. The lowest BCUT2D eigenvalue weighted by atomic mass is 9.91. The molecule has 0 amide bonds. The molecule has 5 nitrogen and oxygen atoms in total. The van der Waals surface area contributed by atoms with Crippen molar-refractivity contribution in [3.63, 3.8) is 0 Å². The number of hydrogen-bond acceptors (Lipinski definition) is 3. The summed E-state index contributed by atoms with van der Waals surface area (Å²) < 4.78 is 5.05. The molecule has 0 radical (unpaired) electrons. The average molecular weight is 229 g/mol. The summed E-state index contributed by atoms with van der Waals surface area (Å²) in [5, 5.41) is 6.92. The van der Waals surface area contributed by atoms with Crippen molar-refractivity contribution in [1.82, 2.24) is 5.32 Å². The van der Waals surface area contributed by atoms with Crippen molar-refractivity contribution >= 4 is 12.4 Å². The zero-order valence-corrected chi connectivity index (χ0v) is 8.98. The molecule has 2 unspecified atom stereocenters. The number of nitrogens with zero attached hydrogens (tertiary/aromatic N) is 3. The van der Waals surface area contributed by atoms with Crippen LogP contribution in [-0.2, 0) is 0 Å². The fraction of sp³-hybridized carbons (Fsp3) is 0.556. The Morgan fingerprint density at radius 2 is 2.47 bits per heavy atom. The van der Waals surface area contributed by atoms with E-state index in [0.29, 0.717) is 18.4 Å². The molecule has 1 N–H and O–H groups in total. The smallest absolute Gasteiger partial charge is 0.0937 e. The minimum Gasteiger partial charge on any atom is -0.472 e. The van der Waals surface area contributed by atoms with Crippen LogP contribution in [0.1, 0.15) is 11.5 Å². The van der Waals surface area contributed by atoms with Gasteiger partial charge in [0.15, 0.2) is 0 Å². The van der Waals surface area contributed by atoms with Crippen LogP contribution in [0.4, 0.5) is 0 Å². The number of hydrogen-bond donors (Lipinski definition) is 1. The van der Waals surface area contributed by atoms with Gasteiger partial charge in [0.1, 0.15) is 0 Å². The predicted octanol–water partition coefficient (Wildman–Crippen LogP) is 2.31. The predicted molar refractivity (Wildman–Crippen MR) is 59.1 cm³/mol. The number of halogens is 1. The molecule has 0 aromatic carbocycles. The van der Waals surface area contributed by atoms with E-state index in [1.54, 1.807) is 12.5 Å². The maximum Gasteiger partial charge on any atom is 0.0937 e. The molecule has 0 aliphatic carbocycles. The van der Waals surface area contributed by atoms with Gasteiger partial charge in [-0.05, 0) is 29.6 Å². The maximum atomic E-state index is 8.26. The molecule has 6 heteroatoms. The summed E-state index contributed by atoms with van der Waals surface area (Å²) in [6.45, 7) is 2.40.